The van der Waals surface area contributed by atoms with Crippen molar-refractivity contribution >= 4 is 5.97 Å². The van der Waals surface area contributed by atoms with Crippen LogP contribution >= 0.6 is 0 Å². The third-order valence-corrected chi connectivity index (χ3v) is 5.00. The monoisotopic (exact) mass is 287 g/mol. The van der Waals surface area contributed by atoms with E-state index in [1.165, 1.54) is 25.7 Å². The highest BCUT2D eigenvalue weighted by Gasteiger charge is 2.35. The van der Waals surface area contributed by atoms with E-state index in [0.717, 1.165) is 24.3 Å². The summed E-state index contributed by atoms with van der Waals surface area (Å²) in [5.41, 5.74) is 1.05. The van der Waals surface area contributed by atoms with Crippen LogP contribution < -0.4 is 5.32 Å². The minimum atomic E-state index is -0.176. The number of benzene rings is 1. The number of nitrogens with one attached hydrogen (secondary N) is 1. The maximum atomic E-state index is 12.4. The second-order valence-corrected chi connectivity index (χ2v) is 6.44. The summed E-state index contributed by atoms with van der Waals surface area (Å²) in [6, 6.07) is 10.3. The number of rotatable bonds is 3. The van der Waals surface area contributed by atoms with Gasteiger partial charge in [0.2, 0.25) is 0 Å². The molecule has 1 N–H and O–H groups in total. The standard InChI is InChI=1S/C18H25NO2/c1-13(14-7-3-2-4-8-14)21-18(20)17-12-11-15-9-5-6-10-16(15)19-17/h2-4,7-8,13,15-17,19H,5-6,9-12H2,1H3. The van der Waals surface area contributed by atoms with Crippen molar-refractivity contribution in [3.05, 3.63) is 35.9 Å². The molecule has 1 aliphatic carbocycles. The Morgan fingerprint density at radius 3 is 2.71 bits per heavy atom. The zero-order chi connectivity index (χ0) is 14.7. The van der Waals surface area contributed by atoms with Gasteiger partial charge < -0.3 is 10.1 Å². The van der Waals surface area contributed by atoms with Crippen LogP contribution in [0.5, 0.6) is 0 Å². The first-order valence-electron chi connectivity index (χ1n) is 8.25. The number of carbonyl (C=O) groups is 1. The van der Waals surface area contributed by atoms with E-state index in [2.05, 4.69) is 5.32 Å². The van der Waals surface area contributed by atoms with Crippen LogP contribution in [0.1, 0.15) is 57.1 Å². The molecule has 114 valence electrons. The van der Waals surface area contributed by atoms with E-state index in [1.54, 1.807) is 0 Å². The van der Waals surface area contributed by atoms with Crippen LogP contribution in [0.2, 0.25) is 0 Å². The molecule has 1 saturated heterocycles. The lowest BCUT2D eigenvalue weighted by Crippen LogP contribution is -2.52. The first kappa shape index (κ1) is 14.6. The average molecular weight is 287 g/mol. The summed E-state index contributed by atoms with van der Waals surface area (Å²) in [7, 11) is 0. The Kier molecular flexibility index (Phi) is 4.59. The quantitative estimate of drug-likeness (QED) is 0.863. The molecule has 0 spiro atoms. The fourth-order valence-corrected chi connectivity index (χ4v) is 3.73. The molecule has 3 nitrogen and oxygen atoms in total. The van der Waals surface area contributed by atoms with Gasteiger partial charge >= 0.3 is 5.97 Å². The van der Waals surface area contributed by atoms with Crippen LogP contribution in [0.4, 0.5) is 0 Å². The van der Waals surface area contributed by atoms with E-state index in [-0.39, 0.29) is 18.1 Å². The van der Waals surface area contributed by atoms with Crippen molar-refractivity contribution in [1.82, 2.24) is 5.32 Å². The molecule has 0 bridgehead atoms. The van der Waals surface area contributed by atoms with Crippen LogP contribution in [0.15, 0.2) is 30.3 Å². The van der Waals surface area contributed by atoms with Crippen LogP contribution in [0, 0.1) is 5.92 Å². The highest BCUT2D eigenvalue weighted by Crippen LogP contribution is 2.32. The van der Waals surface area contributed by atoms with Gasteiger partial charge in [0.05, 0.1) is 0 Å². The van der Waals surface area contributed by atoms with E-state index in [4.69, 9.17) is 4.74 Å². The molecule has 0 radical (unpaired) electrons. The largest absolute Gasteiger partial charge is 0.457 e. The van der Waals surface area contributed by atoms with E-state index >= 15 is 0 Å². The summed E-state index contributed by atoms with van der Waals surface area (Å²) in [5.74, 6) is 0.685. The fourth-order valence-electron chi connectivity index (χ4n) is 3.73. The first-order chi connectivity index (χ1) is 10.2. The average Bonchev–Trinajstić information content (AvgIpc) is 2.55. The van der Waals surface area contributed by atoms with Gasteiger partial charge in [-0.25, -0.2) is 0 Å². The Morgan fingerprint density at radius 2 is 1.90 bits per heavy atom. The van der Waals surface area contributed by atoms with Gasteiger partial charge in [-0.15, -0.1) is 0 Å². The Balaban J connectivity index is 1.56. The van der Waals surface area contributed by atoms with Gasteiger partial charge in [-0.2, -0.15) is 0 Å². The van der Waals surface area contributed by atoms with Gasteiger partial charge in [0.1, 0.15) is 12.1 Å². The van der Waals surface area contributed by atoms with Crippen molar-refractivity contribution in [1.29, 1.82) is 0 Å². The van der Waals surface area contributed by atoms with E-state index in [9.17, 15) is 4.79 Å². The van der Waals surface area contributed by atoms with Gasteiger partial charge in [0.15, 0.2) is 0 Å². The van der Waals surface area contributed by atoms with E-state index in [1.807, 2.05) is 37.3 Å². The maximum Gasteiger partial charge on any atom is 0.323 e. The van der Waals surface area contributed by atoms with Crippen molar-refractivity contribution in [3.63, 3.8) is 0 Å². The summed E-state index contributed by atoms with van der Waals surface area (Å²) >= 11 is 0. The van der Waals surface area contributed by atoms with Crippen LogP contribution in [-0.4, -0.2) is 18.1 Å². The smallest absolute Gasteiger partial charge is 0.323 e. The number of carbonyl (C=O) groups excluding carboxylic acids is 1. The molecule has 1 heterocycles. The molecule has 2 fully saturated rings. The summed E-state index contributed by atoms with van der Waals surface area (Å²) in [5, 5.41) is 3.54. The minimum absolute atomic E-state index is 0.0876. The highest BCUT2D eigenvalue weighted by molar-refractivity contribution is 5.76. The van der Waals surface area contributed by atoms with Crippen LogP contribution in [-0.2, 0) is 9.53 Å². The molecule has 3 heteroatoms. The molecule has 21 heavy (non-hydrogen) atoms. The molecule has 1 aromatic rings. The second kappa shape index (κ2) is 6.61. The third-order valence-electron chi connectivity index (χ3n) is 5.00. The minimum Gasteiger partial charge on any atom is -0.457 e. The number of esters is 1. The van der Waals surface area contributed by atoms with Crippen molar-refractivity contribution in [3.8, 4) is 0 Å². The topological polar surface area (TPSA) is 38.3 Å². The van der Waals surface area contributed by atoms with Gasteiger partial charge in [-0.05, 0) is 44.1 Å². The van der Waals surface area contributed by atoms with Crippen molar-refractivity contribution in [2.24, 2.45) is 5.92 Å². The Bertz CT molecular complexity index is 473. The molecule has 0 amide bonds. The number of hydrogen-bond donors (Lipinski definition) is 1. The molecular weight excluding hydrogens is 262 g/mol. The van der Waals surface area contributed by atoms with Gasteiger partial charge in [-0.3, -0.25) is 4.79 Å². The SMILES string of the molecule is CC(OC(=O)C1CCC2CCCCC2N1)c1ccccc1. The van der Waals surface area contributed by atoms with Crippen molar-refractivity contribution in [2.45, 2.75) is 63.6 Å². The van der Waals surface area contributed by atoms with Crippen LogP contribution in [0.25, 0.3) is 0 Å². The van der Waals surface area contributed by atoms with Crippen molar-refractivity contribution < 1.29 is 9.53 Å². The van der Waals surface area contributed by atoms with Gasteiger partial charge in [0, 0.05) is 6.04 Å². The summed E-state index contributed by atoms with van der Waals surface area (Å²) in [6.07, 6.45) is 7.07. The molecule has 1 saturated carbocycles. The molecule has 1 aliphatic heterocycles. The maximum absolute atomic E-state index is 12.4. The molecule has 0 aromatic heterocycles. The zero-order valence-electron chi connectivity index (χ0n) is 12.8. The Labute approximate surface area is 127 Å². The molecule has 2 aliphatic rings. The zero-order valence-corrected chi connectivity index (χ0v) is 12.8. The lowest BCUT2D eigenvalue weighted by molar-refractivity contribution is -0.152. The first-order valence-corrected chi connectivity index (χ1v) is 8.25. The lowest BCUT2D eigenvalue weighted by Gasteiger charge is -2.39. The molecular formula is C18H25NO2. The molecule has 1 aromatic carbocycles. The van der Waals surface area contributed by atoms with Crippen molar-refractivity contribution in [2.75, 3.05) is 0 Å². The van der Waals surface area contributed by atoms with E-state index < -0.39 is 0 Å². The highest BCUT2D eigenvalue weighted by atomic mass is 16.5. The predicted molar refractivity (Wildman–Crippen MR) is 82.9 cm³/mol. The summed E-state index contributed by atoms with van der Waals surface area (Å²) in [4.78, 5) is 12.4. The number of fused-ring (bicyclic) bond motifs is 1. The molecule has 4 unspecified atom stereocenters. The normalized spacial score (nSPS) is 30.2. The predicted octanol–water partition coefficient (Wildman–Crippen LogP) is 3.60. The number of hydrogen-bond acceptors (Lipinski definition) is 3. The van der Waals surface area contributed by atoms with E-state index in [0.29, 0.717) is 6.04 Å². The second-order valence-electron chi connectivity index (χ2n) is 6.44. The van der Waals surface area contributed by atoms with Gasteiger partial charge in [-0.1, -0.05) is 43.2 Å². The summed E-state index contributed by atoms with van der Waals surface area (Å²) < 4.78 is 5.65. The summed E-state index contributed by atoms with van der Waals surface area (Å²) in [6.45, 7) is 1.94. The number of piperidine rings is 1. The number of ether oxygens (including phenoxy) is 1. The lowest BCUT2D eigenvalue weighted by atomic mass is 9.78. The third kappa shape index (κ3) is 3.46. The fraction of sp³-hybridized carbons (Fsp3) is 0.611. The van der Waals surface area contributed by atoms with Gasteiger partial charge in [0.25, 0.3) is 0 Å². The molecule has 4 atom stereocenters. The van der Waals surface area contributed by atoms with Crippen LogP contribution in [0.3, 0.4) is 0 Å². The Morgan fingerprint density at radius 1 is 1.14 bits per heavy atom. The Hall–Kier alpha value is -1.35. The molecule has 3 rings (SSSR count).